The van der Waals surface area contributed by atoms with Gasteiger partial charge in [0.1, 0.15) is 5.69 Å². The van der Waals surface area contributed by atoms with Crippen LogP contribution in [-0.4, -0.2) is 50.2 Å². The van der Waals surface area contributed by atoms with Gasteiger partial charge in [-0.2, -0.15) is 0 Å². The summed E-state index contributed by atoms with van der Waals surface area (Å²) in [5, 5.41) is 3.03. The molecule has 0 aliphatic carbocycles. The van der Waals surface area contributed by atoms with Crippen molar-refractivity contribution >= 4 is 28.5 Å². The molecule has 0 saturated carbocycles. The van der Waals surface area contributed by atoms with Gasteiger partial charge in [0.15, 0.2) is 11.6 Å². The second kappa shape index (κ2) is 8.53. The molecule has 0 aromatic heterocycles. The molecule has 2 heterocycles. The van der Waals surface area contributed by atoms with Crippen LogP contribution >= 0.6 is 0 Å². The van der Waals surface area contributed by atoms with Crippen molar-refractivity contribution in [2.75, 3.05) is 43.6 Å². The van der Waals surface area contributed by atoms with Crippen LogP contribution in [0.4, 0.5) is 25.8 Å². The van der Waals surface area contributed by atoms with E-state index in [9.17, 15) is 9.18 Å². The molecule has 1 fully saturated rings. The number of para-hydroxylation sites is 1. The fraction of sp³-hybridized carbons (Fsp3) is 0.348. The largest absolute Gasteiger partial charge is 0.383 e. The van der Waals surface area contributed by atoms with E-state index in [0.29, 0.717) is 12.3 Å². The van der Waals surface area contributed by atoms with Gasteiger partial charge in [0.05, 0.1) is 12.3 Å². The molecule has 0 unspecified atom stereocenters. The summed E-state index contributed by atoms with van der Waals surface area (Å²) in [6, 6.07) is 9.97. The summed E-state index contributed by atoms with van der Waals surface area (Å²) in [7, 11) is 1.67. The minimum Gasteiger partial charge on any atom is -0.383 e. The molecule has 1 amide bonds. The average Bonchev–Trinajstić information content (AvgIpc) is 3.01. The van der Waals surface area contributed by atoms with Crippen molar-refractivity contribution in [1.29, 1.82) is 0 Å². The van der Waals surface area contributed by atoms with Gasteiger partial charge in [-0.25, -0.2) is 8.78 Å². The maximum absolute atomic E-state index is 15.4. The number of anilines is 3. The van der Waals surface area contributed by atoms with E-state index >= 15 is 4.39 Å². The number of nitrogens with one attached hydrogen (secondary N) is 1. The number of ether oxygens (including phenoxy) is 1. The molecule has 2 aliphatic rings. The third-order valence-corrected chi connectivity index (χ3v) is 5.76. The smallest absolute Gasteiger partial charge is 0.263 e. The fourth-order valence-corrected chi connectivity index (χ4v) is 4.11. The third kappa shape index (κ3) is 3.70. The Kier molecular flexibility index (Phi) is 5.83. The molecule has 7 heteroatoms. The Balaban J connectivity index is 1.58. The molecule has 0 bridgehead atoms. The van der Waals surface area contributed by atoms with Crippen LogP contribution < -0.4 is 10.2 Å². The number of amides is 1. The molecular formula is C23H25F2N3O2. The first-order valence-electron chi connectivity index (χ1n) is 10.1. The Bertz CT molecular complexity index is 957. The van der Waals surface area contributed by atoms with Gasteiger partial charge in [-0.1, -0.05) is 24.8 Å². The number of likely N-dealkylation sites (tertiary alicyclic amines) is 1. The standard InChI is InChI=1S/C23H25F2N3O2/c1-15-20-19(28(23(15)29)17-6-4-3-5-7-17)14-18(24)22(21(20)25)26-16-8-10-27(11-9-16)12-13-30-2/h3-7,14,16,26H,1,8-13H2,2H3. The minimum atomic E-state index is -0.761. The number of carbonyl (C=O) groups is 1. The third-order valence-electron chi connectivity index (χ3n) is 5.76. The number of methoxy groups -OCH3 is 1. The molecule has 5 nitrogen and oxygen atoms in total. The Hall–Kier alpha value is -2.77. The van der Waals surface area contributed by atoms with Gasteiger partial charge in [-0.3, -0.25) is 9.69 Å². The first kappa shape index (κ1) is 20.5. The molecule has 2 aromatic carbocycles. The highest BCUT2D eigenvalue weighted by atomic mass is 19.1. The molecule has 1 saturated heterocycles. The Morgan fingerprint density at radius 1 is 1.20 bits per heavy atom. The van der Waals surface area contributed by atoms with Crippen molar-refractivity contribution in [3.05, 3.63) is 60.2 Å². The summed E-state index contributed by atoms with van der Waals surface area (Å²) in [6.45, 7) is 6.96. The van der Waals surface area contributed by atoms with E-state index in [-0.39, 0.29) is 28.6 Å². The zero-order chi connectivity index (χ0) is 21.3. The molecular weight excluding hydrogens is 388 g/mol. The summed E-state index contributed by atoms with van der Waals surface area (Å²) in [6.07, 6.45) is 1.55. The van der Waals surface area contributed by atoms with E-state index < -0.39 is 17.5 Å². The lowest BCUT2D eigenvalue weighted by Crippen LogP contribution is -2.40. The zero-order valence-electron chi connectivity index (χ0n) is 17.0. The topological polar surface area (TPSA) is 44.8 Å². The summed E-state index contributed by atoms with van der Waals surface area (Å²) in [4.78, 5) is 16.3. The average molecular weight is 413 g/mol. The van der Waals surface area contributed by atoms with E-state index in [1.165, 1.54) is 11.0 Å². The maximum Gasteiger partial charge on any atom is 0.263 e. The van der Waals surface area contributed by atoms with E-state index in [4.69, 9.17) is 4.74 Å². The van der Waals surface area contributed by atoms with Crippen LogP contribution in [0.3, 0.4) is 0 Å². The molecule has 30 heavy (non-hydrogen) atoms. The molecule has 2 aromatic rings. The number of piperidine rings is 1. The first-order chi connectivity index (χ1) is 14.5. The van der Waals surface area contributed by atoms with Gasteiger partial charge >= 0.3 is 0 Å². The van der Waals surface area contributed by atoms with Crippen LogP contribution in [0.2, 0.25) is 0 Å². The summed E-state index contributed by atoms with van der Waals surface area (Å²) >= 11 is 0. The number of hydrogen-bond acceptors (Lipinski definition) is 4. The van der Waals surface area contributed by atoms with Crippen LogP contribution in [0.15, 0.2) is 43.0 Å². The van der Waals surface area contributed by atoms with Crippen molar-refractivity contribution in [2.24, 2.45) is 0 Å². The van der Waals surface area contributed by atoms with E-state index in [0.717, 1.165) is 32.5 Å². The van der Waals surface area contributed by atoms with E-state index in [1.807, 2.05) is 6.07 Å². The quantitative estimate of drug-likeness (QED) is 0.722. The highest BCUT2D eigenvalue weighted by Crippen LogP contribution is 2.45. The molecule has 2 aliphatic heterocycles. The number of rotatable bonds is 6. The number of fused-ring (bicyclic) bond motifs is 1. The Morgan fingerprint density at radius 2 is 1.90 bits per heavy atom. The number of halogens is 2. The number of benzene rings is 2. The first-order valence-corrected chi connectivity index (χ1v) is 10.1. The number of hydrogen-bond donors (Lipinski definition) is 1. The molecule has 4 rings (SSSR count). The summed E-state index contributed by atoms with van der Waals surface area (Å²) in [5.41, 5.74) is 0.637. The Labute approximate surface area is 174 Å². The van der Waals surface area contributed by atoms with Gasteiger partial charge in [0.2, 0.25) is 0 Å². The van der Waals surface area contributed by atoms with Crippen molar-refractivity contribution in [3.63, 3.8) is 0 Å². The number of nitrogens with zero attached hydrogens (tertiary/aromatic N) is 2. The SMILES string of the molecule is C=C1C(=O)N(c2ccccc2)c2cc(F)c(NC3CCN(CCOC)CC3)c(F)c21. The Morgan fingerprint density at radius 3 is 2.57 bits per heavy atom. The predicted molar refractivity (Wildman–Crippen MR) is 114 cm³/mol. The van der Waals surface area contributed by atoms with Crippen LogP contribution in [0.25, 0.3) is 5.57 Å². The van der Waals surface area contributed by atoms with Gasteiger partial charge in [0.25, 0.3) is 5.91 Å². The predicted octanol–water partition coefficient (Wildman–Crippen LogP) is 4.18. The zero-order valence-corrected chi connectivity index (χ0v) is 17.0. The fourth-order valence-electron chi connectivity index (χ4n) is 4.11. The lowest BCUT2D eigenvalue weighted by Gasteiger charge is -2.32. The lowest BCUT2D eigenvalue weighted by molar-refractivity contribution is -0.112. The van der Waals surface area contributed by atoms with Crippen LogP contribution in [0, 0.1) is 11.6 Å². The van der Waals surface area contributed by atoms with Crippen LogP contribution in [0.1, 0.15) is 18.4 Å². The molecule has 0 atom stereocenters. The summed E-state index contributed by atoms with van der Waals surface area (Å²) < 4.78 is 35.4. The lowest BCUT2D eigenvalue weighted by atomic mass is 10.0. The summed E-state index contributed by atoms with van der Waals surface area (Å²) in [5.74, 6) is -1.92. The van der Waals surface area contributed by atoms with Gasteiger partial charge in [0, 0.05) is 55.7 Å². The van der Waals surface area contributed by atoms with Crippen molar-refractivity contribution in [1.82, 2.24) is 4.90 Å². The van der Waals surface area contributed by atoms with E-state index in [1.54, 1.807) is 31.4 Å². The van der Waals surface area contributed by atoms with Gasteiger partial charge < -0.3 is 15.0 Å². The molecule has 1 N–H and O–H groups in total. The normalized spacial score (nSPS) is 17.5. The highest BCUT2D eigenvalue weighted by Gasteiger charge is 2.37. The van der Waals surface area contributed by atoms with Crippen LogP contribution in [0.5, 0.6) is 0 Å². The van der Waals surface area contributed by atoms with Crippen molar-refractivity contribution in [3.8, 4) is 0 Å². The second-order valence-electron chi connectivity index (χ2n) is 7.65. The van der Waals surface area contributed by atoms with Crippen LogP contribution in [-0.2, 0) is 9.53 Å². The molecule has 0 radical (unpaired) electrons. The molecule has 158 valence electrons. The highest BCUT2D eigenvalue weighted by molar-refractivity contribution is 6.34. The number of carbonyl (C=O) groups excluding carboxylic acids is 1. The monoisotopic (exact) mass is 413 g/mol. The second-order valence-corrected chi connectivity index (χ2v) is 7.65. The minimum absolute atomic E-state index is 0.0313. The van der Waals surface area contributed by atoms with Gasteiger partial charge in [-0.05, 0) is 25.0 Å². The maximum atomic E-state index is 15.4. The van der Waals surface area contributed by atoms with Crippen molar-refractivity contribution < 1.29 is 18.3 Å². The van der Waals surface area contributed by atoms with E-state index in [2.05, 4.69) is 16.8 Å². The molecule has 0 spiro atoms. The van der Waals surface area contributed by atoms with Gasteiger partial charge in [-0.15, -0.1) is 0 Å². The van der Waals surface area contributed by atoms with Crippen molar-refractivity contribution in [2.45, 2.75) is 18.9 Å².